The Morgan fingerprint density at radius 3 is 2.53 bits per heavy atom. The van der Waals surface area contributed by atoms with Crippen molar-refractivity contribution in [1.29, 1.82) is 0 Å². The fourth-order valence-electron chi connectivity index (χ4n) is 2.30. The SMILES string of the molecule is CNCCN(C)CC(=O)NC1CCC(C)CC1. The molecule has 0 aromatic carbocycles. The van der Waals surface area contributed by atoms with Gasteiger partial charge >= 0.3 is 0 Å². The number of likely N-dealkylation sites (N-methyl/N-ethyl adjacent to an activating group) is 2. The monoisotopic (exact) mass is 241 g/mol. The zero-order valence-electron chi connectivity index (χ0n) is 11.5. The smallest absolute Gasteiger partial charge is 0.234 e. The van der Waals surface area contributed by atoms with Gasteiger partial charge in [0.05, 0.1) is 6.54 Å². The van der Waals surface area contributed by atoms with Crippen molar-refractivity contribution in [3.63, 3.8) is 0 Å². The zero-order valence-corrected chi connectivity index (χ0v) is 11.5. The largest absolute Gasteiger partial charge is 0.352 e. The van der Waals surface area contributed by atoms with E-state index >= 15 is 0 Å². The number of hydrogen-bond donors (Lipinski definition) is 2. The first-order chi connectivity index (χ1) is 8.11. The summed E-state index contributed by atoms with van der Waals surface area (Å²) < 4.78 is 0. The van der Waals surface area contributed by atoms with Gasteiger partial charge in [-0.15, -0.1) is 0 Å². The van der Waals surface area contributed by atoms with E-state index in [1.807, 2.05) is 14.1 Å². The fraction of sp³-hybridized carbons (Fsp3) is 0.923. The molecule has 2 N–H and O–H groups in total. The maximum Gasteiger partial charge on any atom is 0.234 e. The van der Waals surface area contributed by atoms with Crippen molar-refractivity contribution in [3.05, 3.63) is 0 Å². The fourth-order valence-corrected chi connectivity index (χ4v) is 2.30. The number of nitrogens with zero attached hydrogens (tertiary/aromatic N) is 1. The number of carbonyl (C=O) groups is 1. The van der Waals surface area contributed by atoms with Crippen LogP contribution in [0.4, 0.5) is 0 Å². The van der Waals surface area contributed by atoms with Crippen molar-refractivity contribution in [2.45, 2.75) is 38.6 Å². The van der Waals surface area contributed by atoms with Crippen LogP contribution in [0.25, 0.3) is 0 Å². The first-order valence-electron chi connectivity index (χ1n) is 6.74. The van der Waals surface area contributed by atoms with Crippen molar-refractivity contribution < 1.29 is 4.79 Å². The van der Waals surface area contributed by atoms with Gasteiger partial charge in [-0.1, -0.05) is 6.92 Å². The summed E-state index contributed by atoms with van der Waals surface area (Å²) in [6.07, 6.45) is 4.79. The van der Waals surface area contributed by atoms with Gasteiger partial charge in [0, 0.05) is 19.1 Å². The molecule has 4 nitrogen and oxygen atoms in total. The number of carbonyl (C=O) groups excluding carboxylic acids is 1. The van der Waals surface area contributed by atoms with Crippen LogP contribution in [0.1, 0.15) is 32.6 Å². The Hall–Kier alpha value is -0.610. The Labute approximate surface area is 105 Å². The van der Waals surface area contributed by atoms with Gasteiger partial charge in [-0.2, -0.15) is 0 Å². The van der Waals surface area contributed by atoms with Gasteiger partial charge in [0.1, 0.15) is 0 Å². The molecule has 1 saturated carbocycles. The molecule has 0 bridgehead atoms. The second-order valence-electron chi connectivity index (χ2n) is 5.37. The summed E-state index contributed by atoms with van der Waals surface area (Å²) >= 11 is 0. The molecular weight excluding hydrogens is 214 g/mol. The van der Waals surface area contributed by atoms with Crippen molar-refractivity contribution in [2.24, 2.45) is 5.92 Å². The van der Waals surface area contributed by atoms with Gasteiger partial charge in [0.25, 0.3) is 0 Å². The van der Waals surface area contributed by atoms with E-state index in [-0.39, 0.29) is 5.91 Å². The molecule has 0 radical (unpaired) electrons. The summed E-state index contributed by atoms with van der Waals surface area (Å²) in [4.78, 5) is 13.8. The highest BCUT2D eigenvalue weighted by molar-refractivity contribution is 5.78. The highest BCUT2D eigenvalue weighted by Gasteiger charge is 2.19. The molecule has 4 heteroatoms. The van der Waals surface area contributed by atoms with Crippen LogP contribution in [0.5, 0.6) is 0 Å². The van der Waals surface area contributed by atoms with Crippen molar-refractivity contribution in [1.82, 2.24) is 15.5 Å². The summed E-state index contributed by atoms with van der Waals surface area (Å²) in [5.41, 5.74) is 0. The van der Waals surface area contributed by atoms with Gasteiger partial charge in [-0.05, 0) is 45.7 Å². The molecule has 1 rings (SSSR count). The highest BCUT2D eigenvalue weighted by atomic mass is 16.2. The van der Waals surface area contributed by atoms with E-state index in [1.165, 1.54) is 12.8 Å². The molecule has 1 aliphatic rings. The molecule has 100 valence electrons. The van der Waals surface area contributed by atoms with Crippen LogP contribution in [-0.4, -0.2) is 50.6 Å². The van der Waals surface area contributed by atoms with Crippen molar-refractivity contribution in [2.75, 3.05) is 33.7 Å². The summed E-state index contributed by atoms with van der Waals surface area (Å²) in [5.74, 6) is 1.00. The van der Waals surface area contributed by atoms with E-state index in [1.54, 1.807) is 0 Å². The topological polar surface area (TPSA) is 44.4 Å². The Kier molecular flexibility index (Phi) is 6.52. The number of hydrogen-bond acceptors (Lipinski definition) is 3. The van der Waals surface area contributed by atoms with Crippen LogP contribution >= 0.6 is 0 Å². The molecule has 1 amide bonds. The standard InChI is InChI=1S/C13H27N3O/c1-11-4-6-12(7-5-11)15-13(17)10-16(3)9-8-14-2/h11-12,14H,4-10H2,1-3H3,(H,15,17). The maximum absolute atomic E-state index is 11.8. The highest BCUT2D eigenvalue weighted by Crippen LogP contribution is 2.23. The zero-order chi connectivity index (χ0) is 12.7. The molecule has 0 atom stereocenters. The maximum atomic E-state index is 11.8. The van der Waals surface area contributed by atoms with E-state index in [2.05, 4.69) is 22.5 Å². The Morgan fingerprint density at radius 2 is 1.94 bits per heavy atom. The average Bonchev–Trinajstić information content (AvgIpc) is 2.29. The van der Waals surface area contributed by atoms with Crippen LogP contribution in [-0.2, 0) is 4.79 Å². The minimum Gasteiger partial charge on any atom is -0.352 e. The van der Waals surface area contributed by atoms with Crippen LogP contribution in [0, 0.1) is 5.92 Å². The lowest BCUT2D eigenvalue weighted by Crippen LogP contribution is -2.43. The van der Waals surface area contributed by atoms with E-state index in [4.69, 9.17) is 0 Å². The lowest BCUT2D eigenvalue weighted by Gasteiger charge is -2.27. The average molecular weight is 241 g/mol. The van der Waals surface area contributed by atoms with Crippen LogP contribution < -0.4 is 10.6 Å². The van der Waals surface area contributed by atoms with Crippen molar-refractivity contribution in [3.8, 4) is 0 Å². The molecule has 1 aliphatic carbocycles. The minimum atomic E-state index is 0.170. The van der Waals surface area contributed by atoms with E-state index in [0.29, 0.717) is 12.6 Å². The summed E-state index contributed by atoms with van der Waals surface area (Å²) in [6, 6.07) is 0.413. The quantitative estimate of drug-likeness (QED) is 0.724. The van der Waals surface area contributed by atoms with Gasteiger partial charge in [0.15, 0.2) is 0 Å². The third-order valence-electron chi connectivity index (χ3n) is 3.54. The van der Waals surface area contributed by atoms with E-state index in [0.717, 1.165) is 31.8 Å². The van der Waals surface area contributed by atoms with Gasteiger partial charge in [-0.25, -0.2) is 0 Å². The predicted octanol–water partition coefficient (Wildman–Crippen LogP) is 0.833. The minimum absolute atomic E-state index is 0.170. The van der Waals surface area contributed by atoms with E-state index in [9.17, 15) is 4.79 Å². The number of amides is 1. The second kappa shape index (κ2) is 7.67. The Bertz CT molecular complexity index is 225. The number of rotatable bonds is 6. The molecule has 0 aliphatic heterocycles. The predicted molar refractivity (Wildman–Crippen MR) is 71.0 cm³/mol. The lowest BCUT2D eigenvalue weighted by molar-refractivity contribution is -0.122. The molecule has 0 unspecified atom stereocenters. The van der Waals surface area contributed by atoms with E-state index < -0.39 is 0 Å². The number of nitrogens with one attached hydrogen (secondary N) is 2. The Morgan fingerprint density at radius 1 is 1.29 bits per heavy atom. The summed E-state index contributed by atoms with van der Waals surface area (Å²) in [5, 5.41) is 6.23. The first-order valence-corrected chi connectivity index (χ1v) is 6.74. The molecular formula is C13H27N3O. The first kappa shape index (κ1) is 14.5. The molecule has 1 fully saturated rings. The van der Waals surface area contributed by atoms with Crippen molar-refractivity contribution >= 4 is 5.91 Å². The molecule has 0 spiro atoms. The Balaban J connectivity index is 2.16. The summed E-state index contributed by atoms with van der Waals surface area (Å²) in [6.45, 7) is 4.63. The molecule has 17 heavy (non-hydrogen) atoms. The van der Waals surface area contributed by atoms with Gasteiger partial charge < -0.3 is 10.6 Å². The van der Waals surface area contributed by atoms with Crippen LogP contribution in [0.3, 0.4) is 0 Å². The normalized spacial score (nSPS) is 24.9. The molecule has 0 saturated heterocycles. The molecule has 0 aromatic heterocycles. The third kappa shape index (κ3) is 6.03. The molecule has 0 aromatic rings. The summed E-state index contributed by atoms with van der Waals surface area (Å²) in [7, 11) is 3.91. The lowest BCUT2D eigenvalue weighted by atomic mass is 9.87. The molecule has 0 heterocycles. The van der Waals surface area contributed by atoms with Gasteiger partial charge in [0.2, 0.25) is 5.91 Å². The second-order valence-corrected chi connectivity index (χ2v) is 5.37. The van der Waals surface area contributed by atoms with Crippen LogP contribution in [0.2, 0.25) is 0 Å². The van der Waals surface area contributed by atoms with Crippen LogP contribution in [0.15, 0.2) is 0 Å². The third-order valence-corrected chi connectivity index (χ3v) is 3.54. The van der Waals surface area contributed by atoms with Gasteiger partial charge in [-0.3, -0.25) is 9.69 Å².